The van der Waals surface area contributed by atoms with Crippen molar-refractivity contribution in [3.05, 3.63) is 72.3 Å². The van der Waals surface area contributed by atoms with Crippen LogP contribution in [-0.2, 0) is 10.0 Å². The zero-order valence-corrected chi connectivity index (χ0v) is 17.4. The number of nitrogens with one attached hydrogen (secondary N) is 3. The van der Waals surface area contributed by atoms with Crippen molar-refractivity contribution in [1.29, 1.82) is 0 Å². The minimum absolute atomic E-state index is 0.0839. The van der Waals surface area contributed by atoms with Crippen LogP contribution < -0.4 is 15.4 Å². The van der Waals surface area contributed by atoms with Gasteiger partial charge in [-0.1, -0.05) is 49.7 Å². The van der Waals surface area contributed by atoms with Gasteiger partial charge in [-0.2, -0.15) is 0 Å². The smallest absolute Gasteiger partial charge is 0.257 e. The van der Waals surface area contributed by atoms with Crippen molar-refractivity contribution in [3.63, 3.8) is 0 Å². The van der Waals surface area contributed by atoms with Crippen LogP contribution in [0.15, 0.2) is 66.7 Å². The van der Waals surface area contributed by atoms with E-state index in [1.807, 2.05) is 55.5 Å². The lowest BCUT2D eigenvalue weighted by Gasteiger charge is -2.15. The third-order valence-electron chi connectivity index (χ3n) is 4.98. The second kappa shape index (κ2) is 8.20. The number of fused-ring (bicyclic) bond motifs is 2. The summed E-state index contributed by atoms with van der Waals surface area (Å²) >= 11 is 0. The molecule has 1 aliphatic rings. The number of hydrogen-bond acceptors (Lipinski definition) is 4. The van der Waals surface area contributed by atoms with E-state index < -0.39 is 10.0 Å². The number of carbonyl (C=O) groups is 1. The fourth-order valence-corrected chi connectivity index (χ4v) is 4.71. The minimum atomic E-state index is -3.43. The molecule has 0 fully saturated rings. The number of sulfonamides is 1. The summed E-state index contributed by atoms with van der Waals surface area (Å²) in [5.74, 6) is -0.108. The van der Waals surface area contributed by atoms with E-state index in [9.17, 15) is 13.2 Å². The number of amides is 1. The third-order valence-corrected chi connectivity index (χ3v) is 6.34. The summed E-state index contributed by atoms with van der Waals surface area (Å²) in [6, 6.07) is 20.2. The Hall–Kier alpha value is -3.32. The number of para-hydroxylation sites is 3. The summed E-state index contributed by atoms with van der Waals surface area (Å²) in [6.45, 7) is 1.96. The van der Waals surface area contributed by atoms with Gasteiger partial charge in [0.25, 0.3) is 5.91 Å². The lowest BCUT2D eigenvalue weighted by molar-refractivity contribution is 0.102. The van der Waals surface area contributed by atoms with E-state index in [2.05, 4.69) is 15.4 Å². The number of carbonyl (C=O) groups excluding carboxylic acids is 1. The molecule has 0 aliphatic carbocycles. The monoisotopic (exact) mass is 421 g/mol. The molecular formula is C23H23N3O3S. The topological polar surface area (TPSA) is 87.3 Å². The standard InChI is InChI=1S/C23H23N3O3S/c1-2-3-14-30(28,29)26-19-9-5-4-8-17(19)16-12-13-18-22(15-16)24-20-10-6-7-11-21(20)25-23(18)27/h4-13,15,24,26H,2-3,14H2,1H3,(H,25,27). The first kappa shape index (κ1) is 20.0. The lowest BCUT2D eigenvalue weighted by atomic mass is 10.0. The van der Waals surface area contributed by atoms with Crippen molar-refractivity contribution >= 4 is 38.7 Å². The van der Waals surface area contributed by atoms with Crippen LogP contribution in [0, 0.1) is 0 Å². The van der Waals surface area contributed by atoms with Gasteiger partial charge in [0.15, 0.2) is 0 Å². The van der Waals surface area contributed by atoms with Crippen LogP contribution in [0.3, 0.4) is 0 Å². The molecule has 3 aromatic rings. The molecule has 0 aromatic heterocycles. The van der Waals surface area contributed by atoms with Crippen molar-refractivity contribution in [2.45, 2.75) is 19.8 Å². The van der Waals surface area contributed by atoms with Crippen LogP contribution in [0.2, 0.25) is 0 Å². The van der Waals surface area contributed by atoms with Crippen LogP contribution in [0.25, 0.3) is 11.1 Å². The Morgan fingerprint density at radius 1 is 0.833 bits per heavy atom. The van der Waals surface area contributed by atoms with E-state index in [0.29, 0.717) is 29.0 Å². The molecule has 0 radical (unpaired) electrons. The molecule has 0 unspecified atom stereocenters. The van der Waals surface area contributed by atoms with Crippen molar-refractivity contribution < 1.29 is 13.2 Å². The van der Waals surface area contributed by atoms with Gasteiger partial charge in [0.1, 0.15) is 0 Å². The molecule has 0 bridgehead atoms. The van der Waals surface area contributed by atoms with Gasteiger partial charge < -0.3 is 10.6 Å². The van der Waals surface area contributed by atoms with E-state index in [-0.39, 0.29) is 11.7 Å². The molecule has 1 amide bonds. The van der Waals surface area contributed by atoms with Gasteiger partial charge in [0.2, 0.25) is 10.0 Å². The highest BCUT2D eigenvalue weighted by Crippen LogP contribution is 2.36. The predicted octanol–water partition coefficient (Wildman–Crippen LogP) is 5.20. The van der Waals surface area contributed by atoms with Gasteiger partial charge >= 0.3 is 0 Å². The van der Waals surface area contributed by atoms with Gasteiger partial charge in [-0.15, -0.1) is 0 Å². The second-order valence-electron chi connectivity index (χ2n) is 7.21. The highest BCUT2D eigenvalue weighted by Gasteiger charge is 2.20. The van der Waals surface area contributed by atoms with Crippen LogP contribution >= 0.6 is 0 Å². The molecule has 4 rings (SSSR count). The Morgan fingerprint density at radius 2 is 1.53 bits per heavy atom. The Morgan fingerprint density at radius 3 is 2.30 bits per heavy atom. The number of benzene rings is 3. The van der Waals surface area contributed by atoms with E-state index in [1.54, 1.807) is 18.2 Å². The van der Waals surface area contributed by atoms with Gasteiger partial charge in [0, 0.05) is 5.56 Å². The normalized spacial score (nSPS) is 12.8. The summed E-state index contributed by atoms with van der Waals surface area (Å²) in [5.41, 5.74) is 4.78. The maximum absolute atomic E-state index is 12.6. The first-order valence-corrected chi connectivity index (χ1v) is 11.5. The molecule has 30 heavy (non-hydrogen) atoms. The summed E-state index contributed by atoms with van der Waals surface area (Å²) in [4.78, 5) is 12.6. The van der Waals surface area contributed by atoms with Crippen LogP contribution in [-0.4, -0.2) is 20.1 Å². The third kappa shape index (κ3) is 4.16. The maximum Gasteiger partial charge on any atom is 0.257 e. The fourth-order valence-electron chi connectivity index (χ4n) is 3.43. The van der Waals surface area contributed by atoms with Crippen LogP contribution in [0.4, 0.5) is 22.7 Å². The molecular weight excluding hydrogens is 398 g/mol. The van der Waals surface area contributed by atoms with E-state index in [1.165, 1.54) is 0 Å². The molecule has 0 saturated heterocycles. The molecule has 1 heterocycles. The van der Waals surface area contributed by atoms with Gasteiger partial charge in [-0.3, -0.25) is 9.52 Å². The van der Waals surface area contributed by atoms with E-state index >= 15 is 0 Å². The van der Waals surface area contributed by atoms with Crippen molar-refractivity contribution in [1.82, 2.24) is 0 Å². The highest BCUT2D eigenvalue weighted by molar-refractivity contribution is 7.92. The quantitative estimate of drug-likeness (QED) is 0.510. The Balaban J connectivity index is 1.72. The minimum Gasteiger partial charge on any atom is -0.353 e. The summed E-state index contributed by atoms with van der Waals surface area (Å²) in [6.07, 6.45) is 1.41. The number of anilines is 4. The number of rotatable bonds is 6. The molecule has 154 valence electrons. The Bertz CT molecular complexity index is 1210. The summed E-state index contributed by atoms with van der Waals surface area (Å²) in [7, 11) is -3.43. The molecule has 6 nitrogen and oxygen atoms in total. The zero-order valence-electron chi connectivity index (χ0n) is 16.6. The average molecular weight is 422 g/mol. The van der Waals surface area contributed by atoms with E-state index in [4.69, 9.17) is 0 Å². The average Bonchev–Trinajstić information content (AvgIpc) is 2.87. The van der Waals surface area contributed by atoms with Gasteiger partial charge in [-0.05, 0) is 42.3 Å². The summed E-state index contributed by atoms with van der Waals surface area (Å²) < 4.78 is 27.6. The molecule has 3 N–H and O–H groups in total. The molecule has 0 spiro atoms. The second-order valence-corrected chi connectivity index (χ2v) is 9.05. The number of unbranched alkanes of at least 4 members (excludes halogenated alkanes) is 1. The van der Waals surface area contributed by atoms with Gasteiger partial charge in [0.05, 0.1) is 34.1 Å². The van der Waals surface area contributed by atoms with E-state index in [0.717, 1.165) is 23.2 Å². The first-order chi connectivity index (χ1) is 14.5. The predicted molar refractivity (Wildman–Crippen MR) is 122 cm³/mol. The fraction of sp³-hybridized carbons (Fsp3) is 0.174. The maximum atomic E-state index is 12.6. The highest BCUT2D eigenvalue weighted by atomic mass is 32.2. The van der Waals surface area contributed by atoms with Gasteiger partial charge in [-0.25, -0.2) is 8.42 Å². The number of hydrogen-bond donors (Lipinski definition) is 3. The molecule has 3 aromatic carbocycles. The SMILES string of the molecule is CCCCS(=O)(=O)Nc1ccccc1-c1ccc2c(c1)Nc1ccccc1NC2=O. The summed E-state index contributed by atoms with van der Waals surface area (Å²) in [5, 5.41) is 6.22. The largest absolute Gasteiger partial charge is 0.353 e. The van der Waals surface area contributed by atoms with Crippen molar-refractivity contribution in [3.8, 4) is 11.1 Å². The molecule has 0 saturated carbocycles. The van der Waals surface area contributed by atoms with Crippen LogP contribution in [0.5, 0.6) is 0 Å². The van der Waals surface area contributed by atoms with Crippen molar-refractivity contribution in [2.75, 3.05) is 21.1 Å². The first-order valence-electron chi connectivity index (χ1n) is 9.88. The Kier molecular flexibility index (Phi) is 5.46. The molecule has 7 heteroatoms. The van der Waals surface area contributed by atoms with Crippen LogP contribution in [0.1, 0.15) is 30.1 Å². The molecule has 1 aliphatic heterocycles. The Labute approximate surface area is 176 Å². The zero-order chi connectivity index (χ0) is 21.1. The lowest BCUT2D eigenvalue weighted by Crippen LogP contribution is -2.17. The molecule has 0 atom stereocenters. The van der Waals surface area contributed by atoms with Crippen molar-refractivity contribution in [2.24, 2.45) is 0 Å².